The van der Waals surface area contributed by atoms with Crippen LogP contribution in [0.4, 0.5) is 0 Å². The Morgan fingerprint density at radius 3 is 1.58 bits per heavy atom. The number of aromatic nitrogens is 10. The molecule has 10 aromatic rings. The lowest BCUT2D eigenvalue weighted by Gasteiger charge is -2.15. The minimum Gasteiger partial charge on any atom is -0.392 e. The molecule has 13 heteroatoms. The van der Waals surface area contributed by atoms with Gasteiger partial charge < -0.3 is 26.1 Å². The van der Waals surface area contributed by atoms with Gasteiger partial charge in [0.15, 0.2) is 11.6 Å². The van der Waals surface area contributed by atoms with E-state index in [-0.39, 0.29) is 6.61 Å². The molecule has 6 heterocycles. The van der Waals surface area contributed by atoms with Gasteiger partial charge in [-0.1, -0.05) is 62.1 Å². The van der Waals surface area contributed by atoms with Crippen LogP contribution in [0.1, 0.15) is 73.6 Å². The van der Waals surface area contributed by atoms with Gasteiger partial charge in [-0.3, -0.25) is 20.2 Å². The van der Waals surface area contributed by atoms with Crippen LogP contribution in [0, 0.1) is 13.8 Å². The van der Waals surface area contributed by atoms with Gasteiger partial charge in [0.1, 0.15) is 11.4 Å². The van der Waals surface area contributed by atoms with Gasteiger partial charge in [-0.2, -0.15) is 10.2 Å². The lowest BCUT2D eigenvalue weighted by atomic mass is 9.97. The highest BCUT2D eigenvalue weighted by Crippen LogP contribution is 2.34. The molecule has 2 aliphatic rings. The number of H-pyrrole nitrogens is 4. The number of benzene rings is 4. The molecule has 65 heavy (non-hydrogen) atoms. The number of nitrogens with two attached hydrogens (primary N) is 1. The fraction of sp³-hybridized carbons (Fsp3) is 0.269. The largest absolute Gasteiger partial charge is 0.392 e. The summed E-state index contributed by atoms with van der Waals surface area (Å²) < 4.78 is 0. The fourth-order valence-corrected chi connectivity index (χ4v) is 9.25. The molecule has 12 rings (SSSR count). The van der Waals surface area contributed by atoms with Crippen LogP contribution >= 0.6 is 0 Å². The standard InChI is InChI=1S/C26H26N6.C21H17N5O.C5H11N/c1-16-18(14-28-19-6-2-3-7-19)13-27-15-21(16)17-10-11-22-20(12-17)25(32-31-22)26-29-23-8-4-5-9-24(23)30-26;1-12-14(11-27)9-22-10-16(12)13-6-7-17-15(8-13)20(26-25-17)21-23-18-4-2-3-5-19(18)24-21;6-5-3-1-2-4-5/h4-5,8-13,15,19,28H,2-3,6-7,14H2,1H3,(H,29,30)(H,31,32);2-10,27H,11H2,1H3,(H,23,24)(H,25,26);5H,1-4,6H2. The number of hydrogen-bond donors (Lipinski definition) is 7. The van der Waals surface area contributed by atoms with Crippen molar-refractivity contribution in [2.24, 2.45) is 5.73 Å². The molecule has 328 valence electrons. The maximum atomic E-state index is 9.52. The smallest absolute Gasteiger partial charge is 0.159 e. The Morgan fingerprint density at radius 2 is 1.09 bits per heavy atom. The van der Waals surface area contributed by atoms with Gasteiger partial charge >= 0.3 is 0 Å². The van der Waals surface area contributed by atoms with E-state index in [4.69, 9.17) is 10.7 Å². The summed E-state index contributed by atoms with van der Waals surface area (Å²) >= 11 is 0. The summed E-state index contributed by atoms with van der Waals surface area (Å²) in [5, 5.41) is 30.6. The number of hydrogen-bond acceptors (Lipinski definition) is 9. The molecule has 13 nitrogen and oxygen atoms in total. The molecule has 0 radical (unpaired) electrons. The van der Waals surface area contributed by atoms with Gasteiger partial charge in [0.2, 0.25) is 0 Å². The number of nitrogens with one attached hydrogen (secondary N) is 5. The van der Waals surface area contributed by atoms with E-state index in [9.17, 15) is 5.11 Å². The van der Waals surface area contributed by atoms with Crippen molar-refractivity contribution in [3.8, 4) is 45.3 Å². The van der Waals surface area contributed by atoms with Crippen molar-refractivity contribution < 1.29 is 5.11 Å². The first kappa shape index (κ1) is 41.9. The number of nitrogens with zero attached hydrogens (tertiary/aromatic N) is 6. The quantitative estimate of drug-likeness (QED) is 0.0777. The molecule has 0 unspecified atom stereocenters. The van der Waals surface area contributed by atoms with Gasteiger partial charge in [-0.25, -0.2) is 9.97 Å². The number of fused-ring (bicyclic) bond motifs is 4. The van der Waals surface area contributed by atoms with Crippen molar-refractivity contribution in [2.75, 3.05) is 0 Å². The zero-order valence-corrected chi connectivity index (χ0v) is 36.8. The van der Waals surface area contributed by atoms with Gasteiger partial charge in [0, 0.05) is 65.3 Å². The van der Waals surface area contributed by atoms with Crippen molar-refractivity contribution >= 4 is 43.9 Å². The molecule has 0 amide bonds. The fourth-order valence-electron chi connectivity index (χ4n) is 9.25. The molecule has 0 bridgehead atoms. The summed E-state index contributed by atoms with van der Waals surface area (Å²) in [6, 6.07) is 29.7. The van der Waals surface area contributed by atoms with E-state index < -0.39 is 0 Å². The van der Waals surface area contributed by atoms with Crippen molar-refractivity contribution in [1.29, 1.82) is 0 Å². The summed E-state index contributed by atoms with van der Waals surface area (Å²) in [6.45, 7) is 5.05. The number of aliphatic hydroxyl groups excluding tert-OH is 1. The Bertz CT molecular complexity index is 3170. The number of rotatable bonds is 8. The minimum absolute atomic E-state index is 0.0230. The molecule has 2 aliphatic carbocycles. The number of pyridine rings is 2. The second-order valence-electron chi connectivity index (χ2n) is 17.4. The molecular formula is C52H54N12O. The summed E-state index contributed by atoms with van der Waals surface area (Å²) in [4.78, 5) is 25.0. The van der Waals surface area contributed by atoms with Crippen LogP contribution in [0.3, 0.4) is 0 Å². The highest BCUT2D eigenvalue weighted by molar-refractivity contribution is 5.97. The maximum absolute atomic E-state index is 9.52. The molecular weight excluding hydrogens is 809 g/mol. The molecule has 2 saturated carbocycles. The molecule has 0 aliphatic heterocycles. The summed E-state index contributed by atoms with van der Waals surface area (Å²) in [7, 11) is 0. The molecule has 4 aromatic carbocycles. The summed E-state index contributed by atoms with van der Waals surface area (Å²) in [5.41, 5.74) is 21.7. The third-order valence-corrected chi connectivity index (χ3v) is 13.1. The zero-order valence-electron chi connectivity index (χ0n) is 36.8. The second kappa shape index (κ2) is 18.6. The second-order valence-corrected chi connectivity index (χ2v) is 17.4. The summed E-state index contributed by atoms with van der Waals surface area (Å²) in [6.07, 6.45) is 18.0. The van der Waals surface area contributed by atoms with Crippen LogP contribution in [0.5, 0.6) is 0 Å². The van der Waals surface area contributed by atoms with Gasteiger partial charge in [-0.05, 0) is 121 Å². The van der Waals surface area contributed by atoms with Gasteiger partial charge in [-0.15, -0.1) is 0 Å². The van der Waals surface area contributed by atoms with E-state index in [1.807, 2.05) is 86.2 Å². The van der Waals surface area contributed by atoms with E-state index in [0.717, 1.165) is 107 Å². The van der Waals surface area contributed by atoms with Crippen molar-refractivity contribution in [2.45, 2.75) is 90.4 Å². The SMILES string of the molecule is Cc1c(CNC2CCCC2)cncc1-c1ccc2[nH]nc(-c3nc4ccccc4[nH]3)c2c1.Cc1c(CO)cncc1-c1ccc2[nH]nc(-c3nc4ccccc4[nH]3)c2c1.NC1CCCC1. The first-order valence-electron chi connectivity index (χ1n) is 22.7. The van der Waals surface area contributed by atoms with Crippen LogP contribution in [-0.2, 0) is 13.2 Å². The topological polar surface area (TPSA) is 199 Å². The molecule has 8 N–H and O–H groups in total. The Morgan fingerprint density at radius 1 is 0.600 bits per heavy atom. The zero-order chi connectivity index (χ0) is 44.3. The van der Waals surface area contributed by atoms with E-state index in [0.29, 0.717) is 12.1 Å². The Hall–Kier alpha value is -7.06. The monoisotopic (exact) mass is 862 g/mol. The maximum Gasteiger partial charge on any atom is 0.159 e. The van der Waals surface area contributed by atoms with Crippen LogP contribution < -0.4 is 11.1 Å². The van der Waals surface area contributed by atoms with E-state index >= 15 is 0 Å². The normalized spacial score (nSPS) is 14.3. The highest BCUT2D eigenvalue weighted by Gasteiger charge is 2.18. The van der Waals surface area contributed by atoms with E-state index in [1.165, 1.54) is 62.5 Å². The third-order valence-electron chi connectivity index (χ3n) is 13.1. The van der Waals surface area contributed by atoms with Crippen molar-refractivity contribution in [1.82, 2.24) is 55.6 Å². The third kappa shape index (κ3) is 8.78. The predicted octanol–water partition coefficient (Wildman–Crippen LogP) is 10.4. The Labute approximate surface area is 376 Å². The first-order valence-corrected chi connectivity index (χ1v) is 22.7. The first-order chi connectivity index (χ1) is 31.9. The predicted molar refractivity (Wildman–Crippen MR) is 260 cm³/mol. The van der Waals surface area contributed by atoms with Gasteiger partial charge in [0.25, 0.3) is 0 Å². The molecule has 0 atom stereocenters. The molecule has 2 fully saturated rings. The minimum atomic E-state index is -0.0230. The van der Waals surface area contributed by atoms with Crippen LogP contribution in [0.15, 0.2) is 110 Å². The molecule has 0 spiro atoms. The van der Waals surface area contributed by atoms with Crippen molar-refractivity contribution in [3.05, 3.63) is 132 Å². The lowest BCUT2D eigenvalue weighted by molar-refractivity contribution is 0.280. The van der Waals surface area contributed by atoms with Crippen molar-refractivity contribution in [3.63, 3.8) is 0 Å². The molecule has 0 saturated heterocycles. The van der Waals surface area contributed by atoms with Crippen LogP contribution in [0.2, 0.25) is 0 Å². The Kier molecular flexibility index (Phi) is 12.0. The van der Waals surface area contributed by atoms with E-state index in [1.54, 1.807) is 6.20 Å². The molecule has 6 aromatic heterocycles. The number of aromatic amines is 4. The number of imidazole rings is 2. The van der Waals surface area contributed by atoms with Crippen LogP contribution in [0.25, 0.3) is 89.2 Å². The number of para-hydroxylation sites is 4. The van der Waals surface area contributed by atoms with Crippen LogP contribution in [-0.4, -0.2) is 67.5 Å². The van der Waals surface area contributed by atoms with E-state index in [2.05, 4.69) is 81.8 Å². The Balaban J connectivity index is 0.000000137. The van der Waals surface area contributed by atoms with Gasteiger partial charge in [0.05, 0.1) is 39.7 Å². The number of aliphatic hydroxyl groups is 1. The average molecular weight is 863 g/mol. The average Bonchev–Trinajstić information content (AvgIpc) is 4.20. The summed E-state index contributed by atoms with van der Waals surface area (Å²) in [5.74, 6) is 1.51. The highest BCUT2D eigenvalue weighted by atomic mass is 16.3. The lowest BCUT2D eigenvalue weighted by Crippen LogP contribution is -2.25.